The summed E-state index contributed by atoms with van der Waals surface area (Å²) in [5.74, 6) is 0.0297. The number of nitrogens with zero attached hydrogens (tertiary/aromatic N) is 1. The lowest BCUT2D eigenvalue weighted by Crippen LogP contribution is -2.02. The second-order valence-electron chi connectivity index (χ2n) is 3.36. The maximum absolute atomic E-state index is 11.3. The number of carbonyl (C=O) groups excluding carboxylic acids is 1. The maximum Gasteiger partial charge on any atom is 0.160 e. The van der Waals surface area contributed by atoms with Gasteiger partial charge >= 0.3 is 0 Å². The van der Waals surface area contributed by atoms with Crippen LogP contribution in [-0.2, 0) is 6.42 Å². The number of nitriles is 1. The maximum atomic E-state index is 11.3. The summed E-state index contributed by atoms with van der Waals surface area (Å²) in [4.78, 5) is 11.3. The molecule has 0 amide bonds. The number of hydrogen-bond donors (Lipinski definition) is 0. The molecule has 0 saturated heterocycles. The van der Waals surface area contributed by atoms with Crippen LogP contribution in [0.25, 0.3) is 0 Å². The van der Waals surface area contributed by atoms with Crippen LogP contribution in [0.2, 0.25) is 0 Å². The molecule has 0 aromatic heterocycles. The lowest BCUT2D eigenvalue weighted by molar-refractivity contribution is 0.101. The highest BCUT2D eigenvalue weighted by molar-refractivity contribution is 5.96. The number of hydrogen-bond acceptors (Lipinski definition) is 2. The van der Waals surface area contributed by atoms with Gasteiger partial charge in [0.2, 0.25) is 0 Å². The third kappa shape index (κ3) is 1.82. The number of carbonyl (C=O) groups is 1. The van der Waals surface area contributed by atoms with Crippen molar-refractivity contribution in [1.29, 1.82) is 5.26 Å². The summed E-state index contributed by atoms with van der Waals surface area (Å²) in [5, 5.41) is 8.92. The lowest BCUT2D eigenvalue weighted by Gasteiger charge is -2.08. The van der Waals surface area contributed by atoms with Crippen LogP contribution in [-0.4, -0.2) is 5.78 Å². The zero-order valence-corrected chi connectivity index (χ0v) is 8.72. The van der Waals surface area contributed by atoms with E-state index in [9.17, 15) is 4.79 Å². The molecule has 0 aliphatic heterocycles. The summed E-state index contributed by atoms with van der Waals surface area (Å²) in [7, 11) is 0. The van der Waals surface area contributed by atoms with Crippen LogP contribution in [0.4, 0.5) is 0 Å². The molecule has 0 N–H and O–H groups in total. The summed E-state index contributed by atoms with van der Waals surface area (Å²) in [6, 6.07) is 5.80. The van der Waals surface area contributed by atoms with Gasteiger partial charge in [0.05, 0.1) is 11.6 Å². The minimum Gasteiger partial charge on any atom is -0.295 e. The minimum atomic E-state index is 0.0297. The van der Waals surface area contributed by atoms with Crippen molar-refractivity contribution in [3.05, 3.63) is 34.4 Å². The molecule has 1 rings (SSSR count). The zero-order chi connectivity index (χ0) is 10.7. The number of ketones is 1. The fraction of sp³-hybridized carbons (Fsp3) is 0.333. The van der Waals surface area contributed by atoms with Gasteiger partial charge in [0.1, 0.15) is 0 Å². The van der Waals surface area contributed by atoms with Crippen LogP contribution >= 0.6 is 0 Å². The van der Waals surface area contributed by atoms with Crippen molar-refractivity contribution >= 4 is 5.78 Å². The fourth-order valence-corrected chi connectivity index (χ4v) is 1.61. The molecular weight excluding hydrogens is 174 g/mol. The number of aryl methyl sites for hydroxylation is 1. The Labute approximate surface area is 84.2 Å². The van der Waals surface area contributed by atoms with E-state index in [2.05, 4.69) is 6.07 Å². The number of rotatable bonds is 2. The van der Waals surface area contributed by atoms with Gasteiger partial charge in [-0.05, 0) is 43.5 Å². The standard InChI is InChI=1S/C12H13NO/c1-4-11-10(7-13)5-8(2)6-12(11)9(3)14/h5-6H,4H2,1-3H3. The molecule has 1 aromatic rings. The number of Topliss-reactive ketones (excluding diaryl/α,β-unsaturated/α-hetero) is 1. The Kier molecular flexibility index (Phi) is 3.03. The molecule has 0 bridgehead atoms. The van der Waals surface area contributed by atoms with Gasteiger partial charge in [-0.3, -0.25) is 4.79 Å². The number of benzene rings is 1. The van der Waals surface area contributed by atoms with Gasteiger partial charge in [-0.1, -0.05) is 6.92 Å². The van der Waals surface area contributed by atoms with Crippen molar-refractivity contribution in [3.63, 3.8) is 0 Å². The van der Waals surface area contributed by atoms with Crippen molar-refractivity contribution in [2.45, 2.75) is 27.2 Å². The van der Waals surface area contributed by atoms with Gasteiger partial charge in [-0.15, -0.1) is 0 Å². The SMILES string of the molecule is CCc1c(C#N)cc(C)cc1C(C)=O. The lowest BCUT2D eigenvalue weighted by atomic mass is 9.95. The highest BCUT2D eigenvalue weighted by atomic mass is 16.1. The second-order valence-corrected chi connectivity index (χ2v) is 3.36. The highest BCUT2D eigenvalue weighted by Gasteiger charge is 2.10. The van der Waals surface area contributed by atoms with E-state index in [4.69, 9.17) is 5.26 Å². The molecule has 2 heteroatoms. The van der Waals surface area contributed by atoms with Crippen molar-refractivity contribution in [2.75, 3.05) is 0 Å². The molecule has 0 unspecified atom stereocenters. The van der Waals surface area contributed by atoms with E-state index < -0.39 is 0 Å². The topological polar surface area (TPSA) is 40.9 Å². The third-order valence-electron chi connectivity index (χ3n) is 2.25. The highest BCUT2D eigenvalue weighted by Crippen LogP contribution is 2.18. The predicted octanol–water partition coefficient (Wildman–Crippen LogP) is 2.63. The molecule has 72 valence electrons. The van der Waals surface area contributed by atoms with Crippen LogP contribution < -0.4 is 0 Å². The van der Waals surface area contributed by atoms with E-state index in [0.29, 0.717) is 11.1 Å². The van der Waals surface area contributed by atoms with Gasteiger partial charge in [-0.25, -0.2) is 0 Å². The van der Waals surface area contributed by atoms with Gasteiger partial charge in [0, 0.05) is 5.56 Å². The van der Waals surface area contributed by atoms with Gasteiger partial charge in [0.15, 0.2) is 5.78 Å². The summed E-state index contributed by atoms with van der Waals surface area (Å²) in [6.07, 6.45) is 0.720. The van der Waals surface area contributed by atoms with Crippen LogP contribution in [0, 0.1) is 18.3 Å². The van der Waals surface area contributed by atoms with Gasteiger partial charge < -0.3 is 0 Å². The molecule has 1 aromatic carbocycles. The molecule has 0 heterocycles. The molecule has 0 spiro atoms. The Morgan fingerprint density at radius 1 is 1.50 bits per heavy atom. The first-order chi connectivity index (χ1) is 6.60. The fourth-order valence-electron chi connectivity index (χ4n) is 1.61. The van der Waals surface area contributed by atoms with Crippen molar-refractivity contribution < 1.29 is 4.79 Å². The summed E-state index contributed by atoms with van der Waals surface area (Å²) in [6.45, 7) is 5.39. The molecule has 2 nitrogen and oxygen atoms in total. The van der Waals surface area contributed by atoms with E-state index in [-0.39, 0.29) is 5.78 Å². The first-order valence-electron chi connectivity index (χ1n) is 4.64. The summed E-state index contributed by atoms with van der Waals surface area (Å²) in [5.41, 5.74) is 3.14. The first kappa shape index (κ1) is 10.5. The van der Waals surface area contributed by atoms with E-state index in [1.165, 1.54) is 6.92 Å². The van der Waals surface area contributed by atoms with Crippen LogP contribution in [0.15, 0.2) is 12.1 Å². The Bertz CT molecular complexity index is 413. The van der Waals surface area contributed by atoms with Crippen LogP contribution in [0.3, 0.4) is 0 Å². The van der Waals surface area contributed by atoms with Gasteiger partial charge in [0.25, 0.3) is 0 Å². The average molecular weight is 187 g/mol. The minimum absolute atomic E-state index is 0.0297. The van der Waals surface area contributed by atoms with Crippen molar-refractivity contribution in [1.82, 2.24) is 0 Å². The van der Waals surface area contributed by atoms with Crippen LogP contribution in [0.1, 0.15) is 40.9 Å². The molecule has 0 aliphatic carbocycles. The van der Waals surface area contributed by atoms with Crippen molar-refractivity contribution in [2.24, 2.45) is 0 Å². The molecule has 14 heavy (non-hydrogen) atoms. The quantitative estimate of drug-likeness (QED) is 0.668. The average Bonchev–Trinajstić information content (AvgIpc) is 2.16. The Morgan fingerprint density at radius 2 is 2.14 bits per heavy atom. The molecule has 0 fully saturated rings. The molecule has 0 atom stereocenters. The van der Waals surface area contributed by atoms with Crippen LogP contribution in [0.5, 0.6) is 0 Å². The second kappa shape index (κ2) is 4.06. The largest absolute Gasteiger partial charge is 0.295 e. The molecule has 0 saturated carbocycles. The Balaban J connectivity index is 3.49. The Morgan fingerprint density at radius 3 is 2.57 bits per heavy atom. The zero-order valence-electron chi connectivity index (χ0n) is 8.72. The van der Waals surface area contributed by atoms with Crippen molar-refractivity contribution in [3.8, 4) is 6.07 Å². The van der Waals surface area contributed by atoms with E-state index in [0.717, 1.165) is 17.5 Å². The van der Waals surface area contributed by atoms with E-state index in [1.54, 1.807) is 0 Å². The molecular formula is C12H13NO. The Hall–Kier alpha value is -1.62. The third-order valence-corrected chi connectivity index (χ3v) is 2.25. The molecule has 0 radical (unpaired) electrons. The first-order valence-corrected chi connectivity index (χ1v) is 4.64. The summed E-state index contributed by atoms with van der Waals surface area (Å²) >= 11 is 0. The monoisotopic (exact) mass is 187 g/mol. The van der Waals surface area contributed by atoms with E-state index in [1.807, 2.05) is 26.0 Å². The smallest absolute Gasteiger partial charge is 0.160 e. The summed E-state index contributed by atoms with van der Waals surface area (Å²) < 4.78 is 0. The van der Waals surface area contributed by atoms with E-state index >= 15 is 0 Å². The normalized spacial score (nSPS) is 9.57. The molecule has 0 aliphatic rings. The predicted molar refractivity (Wildman–Crippen MR) is 55.3 cm³/mol. The van der Waals surface area contributed by atoms with Gasteiger partial charge in [-0.2, -0.15) is 5.26 Å².